The maximum absolute atomic E-state index is 12.6. The monoisotopic (exact) mass is 436 g/mol. The lowest BCUT2D eigenvalue weighted by molar-refractivity contribution is 0.0678. The molecule has 9 heteroatoms. The second-order valence-electron chi connectivity index (χ2n) is 8.13. The molecule has 2 aromatic heterocycles. The van der Waals surface area contributed by atoms with Crippen molar-refractivity contribution in [1.82, 2.24) is 25.2 Å². The fourth-order valence-electron chi connectivity index (χ4n) is 4.01. The number of aromatic nitrogens is 4. The number of carbonyl (C=O) groups is 1. The Morgan fingerprint density at radius 2 is 2.00 bits per heavy atom. The Morgan fingerprint density at radius 3 is 2.72 bits per heavy atom. The number of piperidine rings is 1. The average molecular weight is 437 g/mol. The first-order valence-electron chi connectivity index (χ1n) is 10.8. The molecule has 168 valence electrons. The molecule has 4 rings (SSSR count). The maximum atomic E-state index is 12.6. The predicted octanol–water partition coefficient (Wildman–Crippen LogP) is 3.19. The smallest absolute Gasteiger partial charge is 0.278 e. The van der Waals surface area contributed by atoms with Crippen LogP contribution in [0, 0.1) is 19.8 Å². The van der Waals surface area contributed by atoms with Crippen molar-refractivity contribution in [2.75, 3.05) is 25.5 Å². The first-order valence-corrected chi connectivity index (χ1v) is 10.8. The highest BCUT2D eigenvalue weighted by atomic mass is 16.6. The number of methoxy groups -OCH3 is 1. The molecule has 0 aliphatic carbocycles. The van der Waals surface area contributed by atoms with Gasteiger partial charge in [0, 0.05) is 31.4 Å². The van der Waals surface area contributed by atoms with E-state index in [1.807, 2.05) is 36.1 Å². The number of likely N-dealkylation sites (tertiary alicyclic amines) is 1. The van der Waals surface area contributed by atoms with Crippen molar-refractivity contribution in [3.05, 3.63) is 58.8 Å². The van der Waals surface area contributed by atoms with Crippen LogP contribution in [0.3, 0.4) is 0 Å². The van der Waals surface area contributed by atoms with E-state index in [1.165, 1.54) is 0 Å². The van der Waals surface area contributed by atoms with Gasteiger partial charge < -0.3 is 15.0 Å². The zero-order valence-corrected chi connectivity index (χ0v) is 18.7. The van der Waals surface area contributed by atoms with Crippen LogP contribution in [0.5, 0.6) is 5.75 Å². The fourth-order valence-corrected chi connectivity index (χ4v) is 4.01. The van der Waals surface area contributed by atoms with E-state index in [0.29, 0.717) is 36.9 Å². The Balaban J connectivity index is 1.33. The lowest BCUT2D eigenvalue weighted by Gasteiger charge is -2.31. The summed E-state index contributed by atoms with van der Waals surface area (Å²) in [7, 11) is 1.67. The molecule has 3 aromatic rings. The van der Waals surface area contributed by atoms with E-state index in [2.05, 4.69) is 36.3 Å². The van der Waals surface area contributed by atoms with E-state index in [9.17, 15) is 4.79 Å². The molecule has 0 saturated carbocycles. The number of hydrogen-bond acceptors (Lipinski definition) is 8. The summed E-state index contributed by atoms with van der Waals surface area (Å²) in [4.78, 5) is 23.6. The lowest BCUT2D eigenvalue weighted by atomic mass is 9.92. The largest absolute Gasteiger partial charge is 0.497 e. The van der Waals surface area contributed by atoms with E-state index in [4.69, 9.17) is 4.74 Å². The highest BCUT2D eigenvalue weighted by molar-refractivity contribution is 5.93. The zero-order valence-electron chi connectivity index (χ0n) is 18.7. The molecular weight excluding hydrogens is 408 g/mol. The topological polar surface area (TPSA) is 106 Å². The minimum atomic E-state index is -0.107. The van der Waals surface area contributed by atoms with E-state index >= 15 is 0 Å². The van der Waals surface area contributed by atoms with Crippen molar-refractivity contribution in [2.45, 2.75) is 39.7 Å². The normalized spacial score (nSPS) is 14.4. The molecule has 0 radical (unpaired) electrons. The van der Waals surface area contributed by atoms with E-state index in [1.54, 1.807) is 14.0 Å². The van der Waals surface area contributed by atoms with E-state index in [0.717, 1.165) is 47.9 Å². The SMILES string of the molecule is COc1cccc(CNc2cc(CC3CCN(C(=O)c4nonc4C)CC3)nc(C)n2)c1. The fraction of sp³-hybridized carbons (Fsp3) is 0.435. The number of rotatable bonds is 7. The van der Waals surface area contributed by atoms with Gasteiger partial charge in [0.15, 0.2) is 5.69 Å². The van der Waals surface area contributed by atoms with Crippen LogP contribution < -0.4 is 10.1 Å². The second kappa shape index (κ2) is 9.76. The van der Waals surface area contributed by atoms with Crippen molar-refractivity contribution >= 4 is 11.7 Å². The number of nitrogens with zero attached hydrogens (tertiary/aromatic N) is 5. The van der Waals surface area contributed by atoms with Crippen molar-refractivity contribution in [2.24, 2.45) is 5.92 Å². The molecule has 1 aliphatic heterocycles. The van der Waals surface area contributed by atoms with Crippen molar-refractivity contribution in [3.63, 3.8) is 0 Å². The number of benzene rings is 1. The molecule has 1 fully saturated rings. The Morgan fingerprint density at radius 1 is 1.19 bits per heavy atom. The van der Waals surface area contributed by atoms with Crippen LogP contribution in [0.15, 0.2) is 35.0 Å². The van der Waals surface area contributed by atoms with Gasteiger partial charge in [0.05, 0.1) is 7.11 Å². The molecule has 1 aliphatic rings. The molecule has 1 amide bonds. The van der Waals surface area contributed by atoms with Crippen molar-refractivity contribution < 1.29 is 14.2 Å². The van der Waals surface area contributed by atoms with Gasteiger partial charge >= 0.3 is 0 Å². The first-order chi connectivity index (χ1) is 15.5. The van der Waals surface area contributed by atoms with Crippen LogP contribution in [-0.4, -0.2) is 51.3 Å². The Hall–Kier alpha value is -3.49. The number of hydrogen-bond donors (Lipinski definition) is 1. The van der Waals surface area contributed by atoms with Gasteiger partial charge in [-0.2, -0.15) is 0 Å². The highest BCUT2D eigenvalue weighted by Gasteiger charge is 2.27. The average Bonchev–Trinajstić information content (AvgIpc) is 3.23. The Bertz CT molecular complexity index is 1080. The van der Waals surface area contributed by atoms with Gasteiger partial charge in [-0.3, -0.25) is 4.79 Å². The number of carbonyl (C=O) groups excluding carboxylic acids is 1. The maximum Gasteiger partial charge on any atom is 0.278 e. The number of ether oxygens (including phenoxy) is 1. The van der Waals surface area contributed by atoms with E-state index < -0.39 is 0 Å². The van der Waals surface area contributed by atoms with Gasteiger partial charge in [-0.1, -0.05) is 17.3 Å². The number of amides is 1. The van der Waals surface area contributed by atoms with Crippen molar-refractivity contribution in [1.29, 1.82) is 0 Å². The first kappa shape index (κ1) is 21.7. The summed E-state index contributed by atoms with van der Waals surface area (Å²) in [5, 5.41) is 10.8. The number of anilines is 1. The molecule has 1 saturated heterocycles. The number of aryl methyl sites for hydroxylation is 2. The van der Waals surface area contributed by atoms with Crippen LogP contribution in [0.25, 0.3) is 0 Å². The summed E-state index contributed by atoms with van der Waals surface area (Å²) in [5.74, 6) is 2.76. The minimum Gasteiger partial charge on any atom is -0.497 e. The standard InChI is InChI=1S/C23H28N6O3/c1-15-22(28-32-27-15)23(30)29-9-7-17(8-10-29)11-19-13-21(26-16(2)25-19)24-14-18-5-4-6-20(12-18)31-3/h4-6,12-13,17H,7-11,14H2,1-3H3,(H,24,25,26). The van der Waals surface area contributed by atoms with Gasteiger partial charge in [0.2, 0.25) is 0 Å². The van der Waals surface area contributed by atoms with Gasteiger partial charge in [-0.15, -0.1) is 0 Å². The summed E-state index contributed by atoms with van der Waals surface area (Å²) in [6, 6.07) is 9.99. The third-order valence-electron chi connectivity index (χ3n) is 5.75. The third kappa shape index (κ3) is 5.22. The molecule has 0 atom stereocenters. The molecule has 32 heavy (non-hydrogen) atoms. The summed E-state index contributed by atoms with van der Waals surface area (Å²) >= 11 is 0. The lowest BCUT2D eigenvalue weighted by Crippen LogP contribution is -2.39. The van der Waals surface area contributed by atoms with Crippen molar-refractivity contribution in [3.8, 4) is 5.75 Å². The second-order valence-corrected chi connectivity index (χ2v) is 8.13. The van der Waals surface area contributed by atoms with Gasteiger partial charge in [-0.05, 0) is 61.9 Å². The van der Waals surface area contributed by atoms with Crippen LogP contribution in [0.1, 0.15) is 46.1 Å². The van der Waals surface area contributed by atoms with Gasteiger partial charge in [0.25, 0.3) is 5.91 Å². The predicted molar refractivity (Wildman–Crippen MR) is 118 cm³/mol. The van der Waals surface area contributed by atoms with Crippen LogP contribution >= 0.6 is 0 Å². The summed E-state index contributed by atoms with van der Waals surface area (Å²) in [6.07, 6.45) is 2.71. The molecule has 0 bridgehead atoms. The summed E-state index contributed by atoms with van der Waals surface area (Å²) < 4.78 is 9.96. The summed E-state index contributed by atoms with van der Waals surface area (Å²) in [6.45, 7) is 5.69. The van der Waals surface area contributed by atoms with Gasteiger partial charge in [-0.25, -0.2) is 14.6 Å². The van der Waals surface area contributed by atoms with Crippen LogP contribution in [-0.2, 0) is 13.0 Å². The minimum absolute atomic E-state index is 0.107. The Kier molecular flexibility index (Phi) is 6.63. The van der Waals surface area contributed by atoms with Gasteiger partial charge in [0.1, 0.15) is 23.1 Å². The molecule has 1 N–H and O–H groups in total. The molecule has 0 spiro atoms. The highest BCUT2D eigenvalue weighted by Crippen LogP contribution is 2.23. The van der Waals surface area contributed by atoms with E-state index in [-0.39, 0.29) is 5.91 Å². The zero-order chi connectivity index (χ0) is 22.5. The third-order valence-corrected chi connectivity index (χ3v) is 5.75. The molecular formula is C23H28N6O3. The summed E-state index contributed by atoms with van der Waals surface area (Å²) in [5.41, 5.74) is 2.98. The molecule has 3 heterocycles. The molecule has 0 unspecified atom stereocenters. The number of nitrogens with one attached hydrogen (secondary N) is 1. The molecule has 1 aromatic carbocycles. The van der Waals surface area contributed by atoms with Crippen LogP contribution in [0.2, 0.25) is 0 Å². The van der Waals surface area contributed by atoms with Crippen LogP contribution in [0.4, 0.5) is 5.82 Å². The quantitative estimate of drug-likeness (QED) is 0.602. The Labute approximate surface area is 187 Å². The molecule has 9 nitrogen and oxygen atoms in total.